The first-order valence-electron chi connectivity index (χ1n) is 42.5. The molecule has 2 bridgehead atoms. The number of aromatic amines is 2. The molecule has 8 heterocycles. The second kappa shape index (κ2) is 41.4. The van der Waals surface area contributed by atoms with E-state index in [2.05, 4.69) is 101 Å². The fourth-order valence-electron chi connectivity index (χ4n) is 19.3. The van der Waals surface area contributed by atoms with Gasteiger partial charge in [-0.2, -0.15) is 4.98 Å². The summed E-state index contributed by atoms with van der Waals surface area (Å²) in [6, 6.07) is 4.54. The van der Waals surface area contributed by atoms with Crippen LogP contribution in [0.1, 0.15) is 135 Å². The number of nitrogens with one attached hydrogen (secondary N) is 13. The standard InChI is InChI=1S/C84H107N21O24S2/c1-5-81(126)35-41-29-48(63-46(20-25-104(38-41)40-81)45-11-7-8-12-50(45)93-63)47-30-49-57(34-58(47)128-4)103(3)75-83(49)22-26-105-24-10-21-82(6-2,74(83)105)76(123)84(75,127)77(124)101-102-80(125)129-27-28-130-131-39-56(73(121)122)98-70(117)55(33-62(111)112)97-69(116)54(32-61(109)110)96-67(114)51(13-9-23-88-78(85)86)94-68(115)53(31-60(107)108)92-59(106)19-18-52(72(119)120)95-66(113)42-14-16-43(17-15-42)89-36-44-37-90-65-64(91-44)71(118)100-79(87)99-65/h7-8,10-12,14-17,21,30,34,37,41,48,51-56,74-76,89,93,123,126-127H,5-6,9,13,18-20,22-29,31-33,35-36,38-40H2,1-4H3,(H,92,106)(H,94,115)(H,95,113)(H,96,114)(H,97,116)(H,98,117)(H,101,124)(H,102,125)(H,107,108)(H,109,110)(H,111,112)(H,119,120)(H,121,122)(H4,85,86,88)(H3,87,90,99,100,118)/t41-,48+,51-,52-,53-,54-,55-,56-,74-,75?,76+,81-,82+,83?,84?/m0/s1. The molecule has 2 saturated heterocycles. The first-order valence-corrected chi connectivity index (χ1v) is 45.0. The highest BCUT2D eigenvalue weighted by atomic mass is 33.1. The molecule has 1 spiro atoms. The Hall–Kier alpha value is -13.0. The smallest absolute Gasteiger partial charge is 0.426 e. The Morgan fingerprint density at radius 3 is 2.06 bits per heavy atom. The number of para-hydroxylation sites is 1. The number of hydrogen-bond donors (Lipinski definition) is 23. The van der Waals surface area contributed by atoms with E-state index in [1.165, 1.54) is 36.0 Å². The molecule has 16 atom stereocenters. The molecule has 25 N–H and O–H groups in total. The number of ether oxygens (including phenoxy) is 2. The van der Waals surface area contributed by atoms with Crippen molar-refractivity contribution in [1.82, 2.24) is 82.8 Å². The van der Waals surface area contributed by atoms with Gasteiger partial charge >= 0.3 is 35.9 Å². The summed E-state index contributed by atoms with van der Waals surface area (Å²) in [6.07, 6.45) is -0.116. The van der Waals surface area contributed by atoms with Crippen molar-refractivity contribution >= 4 is 144 Å². The van der Waals surface area contributed by atoms with Gasteiger partial charge in [0.1, 0.15) is 54.7 Å². The number of methoxy groups -OCH3 is 1. The second-order valence-electron chi connectivity index (χ2n) is 33.5. The number of aromatic nitrogens is 5. The summed E-state index contributed by atoms with van der Waals surface area (Å²) in [4.78, 5) is 210. The third-order valence-corrected chi connectivity index (χ3v) is 27.6. The van der Waals surface area contributed by atoms with Crippen LogP contribution in [-0.4, -0.2) is 296 Å². The largest absolute Gasteiger partial charge is 0.496 e. The van der Waals surface area contributed by atoms with Gasteiger partial charge < -0.3 is 114 Å². The predicted molar refractivity (Wildman–Crippen MR) is 473 cm³/mol. The molecule has 47 heteroatoms. The molecule has 12 rings (SSSR count). The monoisotopic (exact) mass is 1860 g/mol. The van der Waals surface area contributed by atoms with Crippen LogP contribution in [-0.2, 0) is 75.9 Å². The number of nitrogen functional groups attached to an aromatic ring is 1. The number of nitrogens with two attached hydrogens (primary N) is 2. The molecule has 1 aliphatic carbocycles. The third kappa shape index (κ3) is 21.6. The molecule has 3 fully saturated rings. The molecule has 0 radical (unpaired) electrons. The van der Waals surface area contributed by atoms with Gasteiger partial charge in [0.05, 0.1) is 56.5 Å². The number of fused-ring (bicyclic) bond motifs is 7. The lowest BCUT2D eigenvalue weighted by Crippen LogP contribution is -2.82. The normalized spacial score (nSPS) is 23.5. The molecular weight excluding hydrogens is 1750 g/mol. The number of carbonyl (C=O) groups excluding carboxylic acids is 8. The van der Waals surface area contributed by atoms with Gasteiger partial charge in [0.2, 0.25) is 35.5 Å². The number of hydrazine groups is 1. The summed E-state index contributed by atoms with van der Waals surface area (Å²) >= 11 is 0. The number of carboxylic acids is 5. The number of nitrogens with zero attached hydrogens (tertiary/aromatic N) is 6. The van der Waals surface area contributed by atoms with Gasteiger partial charge in [-0.3, -0.25) is 78.4 Å². The number of guanidine groups is 1. The van der Waals surface area contributed by atoms with Gasteiger partial charge in [-0.25, -0.2) is 29.8 Å². The topological polar surface area (TPSA) is 695 Å². The molecular formula is C84H107N21O24S2. The fraction of sp³-hybridized carbons (Fsp3) is 0.500. The molecule has 4 unspecified atom stereocenters. The summed E-state index contributed by atoms with van der Waals surface area (Å²) in [7, 11) is 5.14. The molecule has 131 heavy (non-hydrogen) atoms. The lowest BCUT2D eigenvalue weighted by Gasteiger charge is -2.63. The maximum Gasteiger partial charge on any atom is 0.426 e. The van der Waals surface area contributed by atoms with Crippen LogP contribution >= 0.6 is 21.6 Å². The Morgan fingerprint density at radius 2 is 1.41 bits per heavy atom. The minimum atomic E-state index is -2.65. The van der Waals surface area contributed by atoms with Crippen LogP contribution in [0, 0.1) is 16.7 Å². The number of amides is 8. The molecule has 45 nitrogen and oxygen atoms in total. The van der Waals surface area contributed by atoms with Crippen molar-refractivity contribution in [2.45, 2.75) is 181 Å². The minimum Gasteiger partial charge on any atom is -0.496 e. The average molecular weight is 1860 g/mol. The van der Waals surface area contributed by atoms with E-state index in [9.17, 15) is 103 Å². The van der Waals surface area contributed by atoms with E-state index < -0.39 is 210 Å². The minimum absolute atomic E-state index is 0.0254. The molecule has 5 aliphatic heterocycles. The van der Waals surface area contributed by atoms with E-state index in [-0.39, 0.29) is 66.4 Å². The van der Waals surface area contributed by atoms with Gasteiger partial charge in [-0.05, 0) is 118 Å². The van der Waals surface area contributed by atoms with E-state index in [1.54, 1.807) is 14.2 Å². The van der Waals surface area contributed by atoms with Crippen molar-refractivity contribution < 1.29 is 113 Å². The van der Waals surface area contributed by atoms with Crippen molar-refractivity contribution in [3.63, 3.8) is 0 Å². The third-order valence-electron chi connectivity index (χ3n) is 25.2. The number of anilines is 3. The highest BCUT2D eigenvalue weighted by Gasteiger charge is 2.79. The predicted octanol–water partition coefficient (Wildman–Crippen LogP) is -0.861. The van der Waals surface area contributed by atoms with Crippen LogP contribution in [0.2, 0.25) is 0 Å². The lowest BCUT2D eigenvalue weighted by molar-refractivity contribution is -0.204. The summed E-state index contributed by atoms with van der Waals surface area (Å²) in [5, 5.41) is 116. The number of aliphatic carboxylic acids is 5. The number of H-pyrrole nitrogens is 2. The Balaban J connectivity index is 0.642. The number of rotatable bonds is 40. The molecule has 6 aliphatic rings. The zero-order valence-corrected chi connectivity index (χ0v) is 73.5. The van der Waals surface area contributed by atoms with Crippen LogP contribution in [0.3, 0.4) is 0 Å². The maximum atomic E-state index is 15.2. The van der Waals surface area contributed by atoms with Crippen molar-refractivity contribution in [2.75, 3.05) is 87.5 Å². The van der Waals surface area contributed by atoms with Crippen LogP contribution < -0.4 is 80.0 Å². The quantitative estimate of drug-likeness (QED) is 0.00556. The Labute approximate surface area is 755 Å². The first kappa shape index (κ1) is 97.1. The number of hydrogen-bond acceptors (Lipinski definition) is 30. The van der Waals surface area contributed by atoms with E-state index >= 15 is 4.79 Å². The van der Waals surface area contributed by atoms with Crippen molar-refractivity contribution in [2.24, 2.45) is 17.1 Å². The number of carboxylic acid groups (broad SMARTS) is 5. The Bertz CT molecular complexity index is 5500. The van der Waals surface area contributed by atoms with Crippen LogP contribution in [0.15, 0.2) is 83.8 Å². The van der Waals surface area contributed by atoms with Crippen LogP contribution in [0.25, 0.3) is 22.1 Å². The molecule has 1 saturated carbocycles. The van der Waals surface area contributed by atoms with E-state index in [4.69, 9.17) is 26.4 Å². The zero-order valence-electron chi connectivity index (χ0n) is 71.9. The number of carbonyl (C=O) groups is 13. The van der Waals surface area contributed by atoms with Crippen LogP contribution in [0.4, 0.5) is 22.1 Å². The number of benzene rings is 3. The van der Waals surface area contributed by atoms with Gasteiger partial charge in [0.25, 0.3) is 17.4 Å². The van der Waals surface area contributed by atoms with Crippen molar-refractivity contribution in [1.29, 1.82) is 5.41 Å². The number of piperidine rings is 1. The van der Waals surface area contributed by atoms with E-state index in [1.807, 2.05) is 54.4 Å². The van der Waals surface area contributed by atoms with E-state index in [0.717, 1.165) is 68.8 Å². The fourth-order valence-corrected chi connectivity index (χ4v) is 21.3. The van der Waals surface area contributed by atoms with Gasteiger partial charge in [-0.1, -0.05) is 65.8 Å². The number of likely N-dealkylation sites (N-methyl/N-ethyl adjacent to an activating group) is 1. The summed E-state index contributed by atoms with van der Waals surface area (Å²) in [6.45, 7) is 6.64. The van der Waals surface area contributed by atoms with Crippen molar-refractivity contribution in [3.05, 3.63) is 123 Å². The number of aliphatic hydroxyl groups excluding tert-OH is 1. The second-order valence-corrected chi connectivity index (χ2v) is 36.1. The number of aliphatic hydroxyl groups is 3. The Kier molecular flexibility index (Phi) is 30.7. The SMILES string of the molecule is CC[C@]1(O)C[C@@H]2C[C@H](c3cc4c(cc3OC)N(C)C3C(O)(C(=O)NNC(=O)OCCSSC[C@H](NC(=O)[C@H](CC(=O)O)NC(=O)[C@H](CC(=O)O)NC(=O)[C@H](CCCNC(=N)N)NC(=O)[C@H](CC(=O)O)NC(=O)CC[C@H](NC(=O)c5ccc(NCc6cnc7nc(N)[nH]c(=O)c7n6)cc5)C(=O)O)C(=O)O)[C@H](O)[C@]5(CC)C=CCN6CCC43[C@@H]65)c3[nH]c4ccccc4c3CCN(C2)C1. The summed E-state index contributed by atoms with van der Waals surface area (Å²) in [5.74, 6) is -18.1. The van der Waals surface area contributed by atoms with Gasteiger partial charge in [0.15, 0.2) is 22.7 Å². The van der Waals surface area contributed by atoms with E-state index in [0.29, 0.717) is 74.6 Å². The van der Waals surface area contributed by atoms with Crippen LogP contribution in [0.5, 0.6) is 5.75 Å². The Morgan fingerprint density at radius 1 is 0.756 bits per heavy atom. The molecule has 8 amide bonds. The average Bonchev–Trinajstić information content (AvgIpc) is 1.49. The lowest BCUT2D eigenvalue weighted by atomic mass is 9.47. The van der Waals surface area contributed by atoms with Crippen molar-refractivity contribution in [3.8, 4) is 5.75 Å². The zero-order chi connectivity index (χ0) is 94.7. The summed E-state index contributed by atoms with van der Waals surface area (Å²) < 4.78 is 11.8. The first-order chi connectivity index (χ1) is 62.3. The highest BCUT2D eigenvalue weighted by Crippen LogP contribution is 2.67. The molecule has 3 aromatic heterocycles. The van der Waals surface area contributed by atoms with Gasteiger partial charge in [-0.15, -0.1) is 0 Å². The molecule has 6 aromatic rings. The van der Waals surface area contributed by atoms with Gasteiger partial charge in [0, 0.05) is 126 Å². The highest BCUT2D eigenvalue weighted by molar-refractivity contribution is 8.76. The summed E-state index contributed by atoms with van der Waals surface area (Å²) in [5.41, 5.74) is 15.5. The molecule has 704 valence electrons. The maximum absolute atomic E-state index is 15.2. The molecule has 3 aromatic carbocycles.